The Bertz CT molecular complexity index is 496. The van der Waals surface area contributed by atoms with Crippen molar-refractivity contribution >= 4 is 0 Å². The second-order valence-electron chi connectivity index (χ2n) is 5.63. The van der Waals surface area contributed by atoms with Gasteiger partial charge < -0.3 is 14.6 Å². The van der Waals surface area contributed by atoms with Crippen LogP contribution in [0.3, 0.4) is 0 Å². The van der Waals surface area contributed by atoms with Crippen LogP contribution in [-0.4, -0.2) is 24.3 Å². The third-order valence-electron chi connectivity index (χ3n) is 4.10. The summed E-state index contributed by atoms with van der Waals surface area (Å²) in [5, 5.41) is 3.59. The molecule has 0 fully saturated rings. The summed E-state index contributed by atoms with van der Waals surface area (Å²) in [5.74, 6) is 0. The van der Waals surface area contributed by atoms with Gasteiger partial charge in [0.25, 0.3) is 5.56 Å². The molecule has 2 atom stereocenters. The summed E-state index contributed by atoms with van der Waals surface area (Å²) in [7, 11) is 1.69. The minimum Gasteiger partial charge on any atom is -0.380 e. The van der Waals surface area contributed by atoms with Gasteiger partial charge in [0, 0.05) is 24.9 Å². The van der Waals surface area contributed by atoms with E-state index < -0.39 is 0 Å². The van der Waals surface area contributed by atoms with E-state index in [0.29, 0.717) is 12.6 Å². The first-order valence-electron chi connectivity index (χ1n) is 7.66. The van der Waals surface area contributed by atoms with Gasteiger partial charge in [-0.3, -0.25) is 4.79 Å². The van der Waals surface area contributed by atoms with Crippen molar-refractivity contribution in [3.63, 3.8) is 0 Å². The Morgan fingerprint density at radius 3 is 3.00 bits per heavy atom. The molecule has 1 aliphatic rings. The number of hydrogen-bond donors (Lipinski definition) is 1. The van der Waals surface area contributed by atoms with Crippen molar-refractivity contribution in [1.29, 1.82) is 0 Å². The Kier molecular flexibility index (Phi) is 5.38. The highest BCUT2D eigenvalue weighted by molar-refractivity contribution is 5.27. The lowest BCUT2D eigenvalue weighted by atomic mass is 9.90. The van der Waals surface area contributed by atoms with E-state index >= 15 is 0 Å². The highest BCUT2D eigenvalue weighted by Crippen LogP contribution is 2.28. The number of nitrogens with zero attached hydrogens (tertiary/aromatic N) is 1. The maximum Gasteiger partial charge on any atom is 0.250 e. The van der Waals surface area contributed by atoms with Crippen LogP contribution in [0.4, 0.5) is 0 Å². The zero-order valence-corrected chi connectivity index (χ0v) is 12.8. The Labute approximate surface area is 121 Å². The molecule has 0 bridgehead atoms. The van der Waals surface area contributed by atoms with Gasteiger partial charge in [-0.2, -0.15) is 0 Å². The molecule has 0 amide bonds. The summed E-state index contributed by atoms with van der Waals surface area (Å²) < 4.78 is 7.22. The van der Waals surface area contributed by atoms with Crippen LogP contribution in [0.5, 0.6) is 0 Å². The molecule has 0 saturated heterocycles. The quantitative estimate of drug-likeness (QED) is 0.868. The van der Waals surface area contributed by atoms with Gasteiger partial charge in [-0.1, -0.05) is 13.0 Å². The second kappa shape index (κ2) is 7.04. The van der Waals surface area contributed by atoms with Gasteiger partial charge in [0.2, 0.25) is 0 Å². The lowest BCUT2D eigenvalue weighted by Crippen LogP contribution is -2.34. The zero-order chi connectivity index (χ0) is 14.5. The number of fused-ring (bicyclic) bond motifs is 1. The number of ether oxygens (including phenoxy) is 1. The van der Waals surface area contributed by atoms with E-state index in [-0.39, 0.29) is 11.7 Å². The van der Waals surface area contributed by atoms with E-state index in [1.54, 1.807) is 13.2 Å². The van der Waals surface area contributed by atoms with Crippen LogP contribution in [0, 0.1) is 0 Å². The van der Waals surface area contributed by atoms with Crippen LogP contribution < -0.4 is 10.9 Å². The molecule has 0 aliphatic heterocycles. The maximum absolute atomic E-state index is 12.2. The fourth-order valence-electron chi connectivity index (χ4n) is 2.92. The molecule has 0 radical (unpaired) electrons. The number of aromatic nitrogens is 1. The number of nitrogens with one attached hydrogen (secondary N) is 1. The van der Waals surface area contributed by atoms with E-state index in [9.17, 15) is 4.79 Å². The molecule has 0 saturated carbocycles. The van der Waals surface area contributed by atoms with E-state index in [0.717, 1.165) is 32.2 Å². The first kappa shape index (κ1) is 15.3. The number of hydrogen-bond acceptors (Lipinski definition) is 3. The SMILES string of the molecule is CCCNC1CCCc2c1ccc(=O)n2CC(C)OC. The Morgan fingerprint density at radius 2 is 2.30 bits per heavy atom. The lowest BCUT2D eigenvalue weighted by molar-refractivity contribution is 0.101. The minimum absolute atomic E-state index is 0.0585. The van der Waals surface area contributed by atoms with Crippen molar-refractivity contribution in [2.24, 2.45) is 0 Å². The van der Waals surface area contributed by atoms with Crippen LogP contribution in [0.2, 0.25) is 0 Å². The van der Waals surface area contributed by atoms with Crippen LogP contribution in [0.15, 0.2) is 16.9 Å². The maximum atomic E-state index is 12.2. The molecule has 2 rings (SSSR count). The van der Waals surface area contributed by atoms with Gasteiger partial charge >= 0.3 is 0 Å². The highest BCUT2D eigenvalue weighted by Gasteiger charge is 2.23. The van der Waals surface area contributed by atoms with Crippen molar-refractivity contribution in [3.05, 3.63) is 33.7 Å². The molecule has 1 aromatic heterocycles. The van der Waals surface area contributed by atoms with E-state index in [2.05, 4.69) is 12.2 Å². The standard InChI is InChI=1S/C16H26N2O2/c1-4-10-17-14-6-5-7-15-13(14)8-9-16(19)18(15)11-12(2)20-3/h8-9,12,14,17H,4-7,10-11H2,1-3H3. The third kappa shape index (κ3) is 3.30. The largest absolute Gasteiger partial charge is 0.380 e. The normalized spacial score (nSPS) is 19.6. The summed E-state index contributed by atoms with van der Waals surface area (Å²) in [6.45, 7) is 5.84. The predicted molar refractivity (Wildman–Crippen MR) is 81.1 cm³/mol. The summed E-state index contributed by atoms with van der Waals surface area (Å²) in [5.41, 5.74) is 2.58. The lowest BCUT2D eigenvalue weighted by Gasteiger charge is -2.29. The number of rotatable bonds is 6. The zero-order valence-electron chi connectivity index (χ0n) is 12.8. The van der Waals surface area contributed by atoms with Gasteiger partial charge in [0.1, 0.15) is 0 Å². The van der Waals surface area contributed by atoms with Crippen LogP contribution >= 0.6 is 0 Å². The molecule has 20 heavy (non-hydrogen) atoms. The van der Waals surface area contributed by atoms with Crippen molar-refractivity contribution < 1.29 is 4.74 Å². The molecule has 0 spiro atoms. The molecular weight excluding hydrogens is 252 g/mol. The first-order chi connectivity index (χ1) is 9.67. The molecule has 112 valence electrons. The molecule has 2 unspecified atom stereocenters. The first-order valence-corrected chi connectivity index (χ1v) is 7.66. The van der Waals surface area contributed by atoms with E-state index in [1.165, 1.54) is 11.3 Å². The van der Waals surface area contributed by atoms with Gasteiger partial charge in [0.15, 0.2) is 0 Å². The summed E-state index contributed by atoms with van der Waals surface area (Å²) in [4.78, 5) is 12.2. The second-order valence-corrected chi connectivity index (χ2v) is 5.63. The molecule has 1 heterocycles. The summed E-state index contributed by atoms with van der Waals surface area (Å²) >= 11 is 0. The Hall–Kier alpha value is -1.13. The Balaban J connectivity index is 2.32. The average molecular weight is 278 g/mol. The van der Waals surface area contributed by atoms with Crippen LogP contribution in [0.1, 0.15) is 50.4 Å². The van der Waals surface area contributed by atoms with Crippen LogP contribution in [0.25, 0.3) is 0 Å². The van der Waals surface area contributed by atoms with Crippen molar-refractivity contribution in [2.75, 3.05) is 13.7 Å². The van der Waals surface area contributed by atoms with Gasteiger partial charge in [-0.25, -0.2) is 0 Å². The van der Waals surface area contributed by atoms with E-state index in [1.807, 2.05) is 17.6 Å². The molecule has 1 N–H and O–H groups in total. The fourth-order valence-corrected chi connectivity index (χ4v) is 2.92. The van der Waals surface area contributed by atoms with Crippen molar-refractivity contribution in [3.8, 4) is 0 Å². The predicted octanol–water partition coefficient (Wildman–Crippen LogP) is 2.26. The highest BCUT2D eigenvalue weighted by atomic mass is 16.5. The third-order valence-corrected chi connectivity index (χ3v) is 4.10. The molecule has 4 heteroatoms. The molecule has 0 aromatic carbocycles. The average Bonchev–Trinajstić information content (AvgIpc) is 2.47. The van der Waals surface area contributed by atoms with Crippen LogP contribution in [-0.2, 0) is 17.7 Å². The van der Waals surface area contributed by atoms with Gasteiger partial charge in [0.05, 0.1) is 12.6 Å². The van der Waals surface area contributed by atoms with Crippen molar-refractivity contribution in [1.82, 2.24) is 9.88 Å². The summed E-state index contributed by atoms with van der Waals surface area (Å²) in [6, 6.07) is 4.11. The topological polar surface area (TPSA) is 43.3 Å². The molecule has 1 aliphatic carbocycles. The smallest absolute Gasteiger partial charge is 0.250 e. The monoisotopic (exact) mass is 278 g/mol. The summed E-state index contributed by atoms with van der Waals surface area (Å²) in [6.07, 6.45) is 4.48. The molecule has 4 nitrogen and oxygen atoms in total. The molecule has 1 aromatic rings. The Morgan fingerprint density at radius 1 is 1.50 bits per heavy atom. The minimum atomic E-state index is 0.0585. The van der Waals surface area contributed by atoms with Gasteiger partial charge in [-0.05, 0) is 44.7 Å². The number of methoxy groups -OCH3 is 1. The van der Waals surface area contributed by atoms with Crippen molar-refractivity contribution in [2.45, 2.75) is 58.2 Å². The molecular formula is C16H26N2O2. The van der Waals surface area contributed by atoms with E-state index in [4.69, 9.17) is 4.74 Å². The van der Waals surface area contributed by atoms with Gasteiger partial charge in [-0.15, -0.1) is 0 Å². The fraction of sp³-hybridized carbons (Fsp3) is 0.688. The number of pyridine rings is 1.